The summed E-state index contributed by atoms with van der Waals surface area (Å²) in [6, 6.07) is 5.67. The molecule has 0 aliphatic heterocycles. The summed E-state index contributed by atoms with van der Waals surface area (Å²) in [6.45, 7) is 6.91. The first-order valence-corrected chi connectivity index (χ1v) is 6.29. The van der Waals surface area contributed by atoms with E-state index < -0.39 is 0 Å². The standard InChI is InChI=1S/C14H18N2O3/c1-4-17-11-7-6-10(8-12(11)18-5-2)13-9(3)14(15)19-16-13/h6-8H,4-5,15H2,1-3H3. The fourth-order valence-corrected chi connectivity index (χ4v) is 1.82. The normalized spacial score (nSPS) is 10.5. The number of benzene rings is 1. The van der Waals surface area contributed by atoms with E-state index in [1.54, 1.807) is 0 Å². The summed E-state index contributed by atoms with van der Waals surface area (Å²) in [4.78, 5) is 0. The topological polar surface area (TPSA) is 70.5 Å². The van der Waals surface area contributed by atoms with Crippen LogP contribution in [-0.2, 0) is 0 Å². The summed E-state index contributed by atoms with van der Waals surface area (Å²) < 4.78 is 16.1. The molecule has 2 N–H and O–H groups in total. The fourth-order valence-electron chi connectivity index (χ4n) is 1.82. The largest absolute Gasteiger partial charge is 0.490 e. The van der Waals surface area contributed by atoms with Crippen molar-refractivity contribution in [3.8, 4) is 22.8 Å². The monoisotopic (exact) mass is 262 g/mol. The van der Waals surface area contributed by atoms with Crippen LogP contribution >= 0.6 is 0 Å². The number of nitrogens with zero attached hydrogens (tertiary/aromatic N) is 1. The van der Waals surface area contributed by atoms with Crippen LogP contribution in [0.2, 0.25) is 0 Å². The minimum atomic E-state index is 0.335. The van der Waals surface area contributed by atoms with Crippen LogP contribution in [0.4, 0.5) is 5.88 Å². The summed E-state index contributed by atoms with van der Waals surface area (Å²) in [6.07, 6.45) is 0. The number of anilines is 1. The van der Waals surface area contributed by atoms with E-state index in [0.29, 0.717) is 24.8 Å². The Kier molecular flexibility index (Phi) is 3.94. The van der Waals surface area contributed by atoms with E-state index in [2.05, 4.69) is 5.16 Å². The van der Waals surface area contributed by atoms with Gasteiger partial charge in [-0.2, -0.15) is 0 Å². The first kappa shape index (κ1) is 13.3. The minimum absolute atomic E-state index is 0.335. The minimum Gasteiger partial charge on any atom is -0.490 e. The molecule has 19 heavy (non-hydrogen) atoms. The Morgan fingerprint density at radius 3 is 2.42 bits per heavy atom. The van der Waals surface area contributed by atoms with Gasteiger partial charge in [-0.25, -0.2) is 0 Å². The van der Waals surface area contributed by atoms with Crippen LogP contribution in [0.25, 0.3) is 11.3 Å². The molecule has 0 spiro atoms. The molecule has 1 aromatic carbocycles. The van der Waals surface area contributed by atoms with Gasteiger partial charge in [-0.1, -0.05) is 5.16 Å². The van der Waals surface area contributed by atoms with E-state index >= 15 is 0 Å². The van der Waals surface area contributed by atoms with E-state index in [-0.39, 0.29) is 0 Å². The second kappa shape index (κ2) is 5.65. The first-order chi connectivity index (χ1) is 9.17. The third-order valence-electron chi connectivity index (χ3n) is 2.78. The molecular weight excluding hydrogens is 244 g/mol. The van der Waals surface area contributed by atoms with Gasteiger partial charge in [0.1, 0.15) is 5.69 Å². The molecule has 5 heteroatoms. The zero-order valence-electron chi connectivity index (χ0n) is 11.4. The zero-order chi connectivity index (χ0) is 13.8. The Hall–Kier alpha value is -2.17. The smallest absolute Gasteiger partial charge is 0.225 e. The van der Waals surface area contributed by atoms with Gasteiger partial charge in [0, 0.05) is 11.1 Å². The maximum absolute atomic E-state index is 5.67. The van der Waals surface area contributed by atoms with Crippen molar-refractivity contribution in [1.82, 2.24) is 5.16 Å². The molecule has 0 saturated heterocycles. The number of rotatable bonds is 5. The summed E-state index contributed by atoms with van der Waals surface area (Å²) >= 11 is 0. The second-order valence-corrected chi connectivity index (χ2v) is 4.05. The van der Waals surface area contributed by atoms with Gasteiger partial charge >= 0.3 is 0 Å². The van der Waals surface area contributed by atoms with Crippen LogP contribution in [0.3, 0.4) is 0 Å². The molecule has 2 aromatic rings. The summed E-state index contributed by atoms with van der Waals surface area (Å²) in [5, 5.41) is 3.97. The van der Waals surface area contributed by atoms with Crippen LogP contribution < -0.4 is 15.2 Å². The molecule has 102 valence electrons. The van der Waals surface area contributed by atoms with E-state index in [1.807, 2.05) is 39.0 Å². The van der Waals surface area contributed by atoms with E-state index in [0.717, 1.165) is 22.6 Å². The van der Waals surface area contributed by atoms with Gasteiger partial charge in [0.15, 0.2) is 11.5 Å². The molecule has 0 aliphatic carbocycles. The highest BCUT2D eigenvalue weighted by molar-refractivity contribution is 5.69. The SMILES string of the molecule is CCOc1ccc(-c2noc(N)c2C)cc1OCC. The van der Waals surface area contributed by atoms with Gasteiger partial charge in [-0.3, -0.25) is 0 Å². The lowest BCUT2D eigenvalue weighted by Gasteiger charge is -2.11. The van der Waals surface area contributed by atoms with E-state index in [1.165, 1.54) is 0 Å². The van der Waals surface area contributed by atoms with Crippen molar-refractivity contribution in [2.45, 2.75) is 20.8 Å². The molecule has 1 aromatic heterocycles. The van der Waals surface area contributed by atoms with E-state index in [9.17, 15) is 0 Å². The van der Waals surface area contributed by atoms with Crippen molar-refractivity contribution < 1.29 is 14.0 Å². The lowest BCUT2D eigenvalue weighted by molar-refractivity contribution is 0.288. The Morgan fingerprint density at radius 1 is 1.16 bits per heavy atom. The lowest BCUT2D eigenvalue weighted by Crippen LogP contribution is -1.98. The maximum Gasteiger partial charge on any atom is 0.225 e. The Bertz CT molecular complexity index is 564. The molecule has 2 rings (SSSR count). The van der Waals surface area contributed by atoms with Gasteiger partial charge in [0.25, 0.3) is 0 Å². The average molecular weight is 262 g/mol. The first-order valence-electron chi connectivity index (χ1n) is 6.29. The summed E-state index contributed by atoms with van der Waals surface area (Å²) in [5.41, 5.74) is 8.11. The van der Waals surface area contributed by atoms with Crippen molar-refractivity contribution >= 4 is 5.88 Å². The van der Waals surface area contributed by atoms with E-state index in [4.69, 9.17) is 19.7 Å². The quantitative estimate of drug-likeness (QED) is 0.896. The molecule has 0 aliphatic rings. The highest BCUT2D eigenvalue weighted by Crippen LogP contribution is 2.34. The number of nitrogens with two attached hydrogens (primary N) is 1. The van der Waals surface area contributed by atoms with Crippen molar-refractivity contribution in [1.29, 1.82) is 0 Å². The summed E-state index contributed by atoms with van der Waals surface area (Å²) in [7, 11) is 0. The highest BCUT2D eigenvalue weighted by Gasteiger charge is 2.14. The van der Waals surface area contributed by atoms with Crippen molar-refractivity contribution in [3.63, 3.8) is 0 Å². The second-order valence-electron chi connectivity index (χ2n) is 4.05. The Balaban J connectivity index is 2.42. The molecule has 0 atom stereocenters. The molecule has 0 radical (unpaired) electrons. The molecular formula is C14H18N2O3. The number of ether oxygens (including phenoxy) is 2. The highest BCUT2D eigenvalue weighted by atomic mass is 16.5. The molecule has 1 heterocycles. The van der Waals surface area contributed by atoms with Crippen LogP contribution in [0.1, 0.15) is 19.4 Å². The third-order valence-corrected chi connectivity index (χ3v) is 2.78. The van der Waals surface area contributed by atoms with Gasteiger partial charge in [0.05, 0.1) is 13.2 Å². The zero-order valence-corrected chi connectivity index (χ0v) is 11.4. The molecule has 5 nitrogen and oxygen atoms in total. The lowest BCUT2D eigenvalue weighted by atomic mass is 10.1. The predicted molar refractivity (Wildman–Crippen MR) is 73.4 cm³/mol. The van der Waals surface area contributed by atoms with Gasteiger partial charge < -0.3 is 19.7 Å². The number of hydrogen-bond acceptors (Lipinski definition) is 5. The molecule has 0 saturated carbocycles. The van der Waals surface area contributed by atoms with Crippen LogP contribution in [0.15, 0.2) is 22.7 Å². The molecule has 0 amide bonds. The van der Waals surface area contributed by atoms with Gasteiger partial charge in [0.2, 0.25) is 5.88 Å². The fraction of sp³-hybridized carbons (Fsp3) is 0.357. The average Bonchev–Trinajstić information content (AvgIpc) is 2.73. The maximum atomic E-state index is 5.67. The van der Waals surface area contributed by atoms with Gasteiger partial charge in [-0.05, 0) is 39.0 Å². The van der Waals surface area contributed by atoms with Crippen LogP contribution in [-0.4, -0.2) is 18.4 Å². The Labute approximate surface area is 112 Å². The van der Waals surface area contributed by atoms with Crippen molar-refractivity contribution in [2.75, 3.05) is 18.9 Å². The summed E-state index contributed by atoms with van der Waals surface area (Å²) in [5.74, 6) is 1.76. The third kappa shape index (κ3) is 2.65. The van der Waals surface area contributed by atoms with Crippen LogP contribution in [0, 0.1) is 6.92 Å². The number of aromatic nitrogens is 1. The molecule has 0 fully saturated rings. The molecule has 0 unspecified atom stereocenters. The van der Waals surface area contributed by atoms with Crippen molar-refractivity contribution in [3.05, 3.63) is 23.8 Å². The van der Waals surface area contributed by atoms with Gasteiger partial charge in [-0.15, -0.1) is 0 Å². The molecule has 0 bridgehead atoms. The number of hydrogen-bond donors (Lipinski definition) is 1. The predicted octanol–water partition coefficient (Wildman–Crippen LogP) is 3.03. The van der Waals surface area contributed by atoms with Crippen LogP contribution in [0.5, 0.6) is 11.5 Å². The Morgan fingerprint density at radius 2 is 1.84 bits per heavy atom. The van der Waals surface area contributed by atoms with Crippen molar-refractivity contribution in [2.24, 2.45) is 0 Å². The number of nitrogen functional groups attached to an aromatic ring is 1.